The predicted molar refractivity (Wildman–Crippen MR) is 71.8 cm³/mol. The maximum Gasteiger partial charge on any atom is 0.133 e. The Balaban J connectivity index is 2.53. The molecule has 1 rings (SSSR count). The van der Waals surface area contributed by atoms with Crippen LogP contribution in [0.3, 0.4) is 0 Å². The highest BCUT2D eigenvalue weighted by Crippen LogP contribution is 2.26. The lowest BCUT2D eigenvalue weighted by atomic mass is 10.1. The van der Waals surface area contributed by atoms with Crippen LogP contribution in [-0.2, 0) is 0 Å². The van der Waals surface area contributed by atoms with Crippen molar-refractivity contribution in [3.8, 4) is 5.75 Å². The van der Waals surface area contributed by atoms with E-state index >= 15 is 0 Å². The molecule has 0 aliphatic carbocycles. The van der Waals surface area contributed by atoms with E-state index in [0.717, 1.165) is 18.2 Å². The van der Waals surface area contributed by atoms with Gasteiger partial charge in [0.1, 0.15) is 11.6 Å². The molecule has 16 heavy (non-hydrogen) atoms. The molecule has 1 unspecified atom stereocenters. The van der Waals surface area contributed by atoms with E-state index in [4.69, 9.17) is 4.74 Å². The van der Waals surface area contributed by atoms with Crippen LogP contribution in [0.25, 0.3) is 0 Å². The lowest BCUT2D eigenvalue weighted by Crippen LogP contribution is -2.13. The Morgan fingerprint density at radius 2 is 2.19 bits per heavy atom. The average molecular weight is 354 g/mol. The molecular formula is C12H15Br2FO. The van der Waals surface area contributed by atoms with E-state index < -0.39 is 0 Å². The monoisotopic (exact) mass is 352 g/mol. The molecule has 0 N–H and O–H groups in total. The lowest BCUT2D eigenvalue weighted by molar-refractivity contribution is 0.253. The Bertz CT molecular complexity index is 331. The van der Waals surface area contributed by atoms with Gasteiger partial charge in [0, 0.05) is 11.2 Å². The summed E-state index contributed by atoms with van der Waals surface area (Å²) in [5.74, 6) is 0.940. The summed E-state index contributed by atoms with van der Waals surface area (Å²) in [5, 5.41) is 0.930. The van der Waals surface area contributed by atoms with E-state index in [2.05, 4.69) is 38.8 Å². The van der Waals surface area contributed by atoms with E-state index in [1.807, 2.05) is 0 Å². The van der Waals surface area contributed by atoms with Crippen molar-refractivity contribution in [3.63, 3.8) is 0 Å². The van der Waals surface area contributed by atoms with Gasteiger partial charge in [0.05, 0.1) is 11.1 Å². The largest absolute Gasteiger partial charge is 0.492 e. The molecule has 1 atom stereocenters. The van der Waals surface area contributed by atoms with Gasteiger partial charge in [-0.1, -0.05) is 29.3 Å². The van der Waals surface area contributed by atoms with E-state index in [0.29, 0.717) is 22.7 Å². The normalized spacial score (nSPS) is 12.5. The molecule has 0 aromatic heterocycles. The van der Waals surface area contributed by atoms with Crippen LogP contribution < -0.4 is 4.74 Å². The Morgan fingerprint density at radius 1 is 1.44 bits per heavy atom. The smallest absolute Gasteiger partial charge is 0.133 e. The van der Waals surface area contributed by atoms with E-state index in [1.54, 1.807) is 6.07 Å². The second-order valence-corrected chi connectivity index (χ2v) is 5.20. The topological polar surface area (TPSA) is 9.23 Å². The number of rotatable bonds is 6. The van der Waals surface area contributed by atoms with Crippen molar-refractivity contribution < 1.29 is 9.13 Å². The van der Waals surface area contributed by atoms with Gasteiger partial charge >= 0.3 is 0 Å². The molecule has 0 heterocycles. The van der Waals surface area contributed by atoms with Crippen molar-refractivity contribution in [2.24, 2.45) is 5.92 Å². The van der Waals surface area contributed by atoms with Crippen LogP contribution in [0.1, 0.15) is 19.8 Å². The molecule has 1 nitrogen and oxygen atoms in total. The summed E-state index contributed by atoms with van der Waals surface area (Å²) in [4.78, 5) is 0. The molecular weight excluding hydrogens is 339 g/mol. The molecule has 0 spiro atoms. The number of hydrogen-bond acceptors (Lipinski definition) is 1. The molecule has 0 radical (unpaired) electrons. The van der Waals surface area contributed by atoms with Crippen molar-refractivity contribution in [2.45, 2.75) is 19.8 Å². The van der Waals surface area contributed by atoms with E-state index in [1.165, 1.54) is 12.1 Å². The lowest BCUT2D eigenvalue weighted by Gasteiger charge is -2.15. The van der Waals surface area contributed by atoms with Gasteiger partial charge < -0.3 is 4.74 Å². The highest BCUT2D eigenvalue weighted by atomic mass is 79.9. The van der Waals surface area contributed by atoms with Crippen LogP contribution >= 0.6 is 31.9 Å². The second kappa shape index (κ2) is 7.28. The molecule has 0 saturated heterocycles. The summed E-state index contributed by atoms with van der Waals surface area (Å²) in [6.45, 7) is 2.81. The third-order valence-electron chi connectivity index (χ3n) is 2.28. The molecule has 0 amide bonds. The fourth-order valence-electron chi connectivity index (χ4n) is 1.41. The minimum absolute atomic E-state index is 0.259. The molecule has 90 valence electrons. The SMILES string of the molecule is CCCC(CBr)COc1ccc(F)cc1Br. The summed E-state index contributed by atoms with van der Waals surface area (Å²) in [6, 6.07) is 4.47. The summed E-state index contributed by atoms with van der Waals surface area (Å²) in [6.07, 6.45) is 2.27. The van der Waals surface area contributed by atoms with Gasteiger partial charge in [-0.3, -0.25) is 0 Å². The van der Waals surface area contributed by atoms with E-state index in [9.17, 15) is 4.39 Å². The van der Waals surface area contributed by atoms with Crippen LogP contribution in [0.4, 0.5) is 4.39 Å². The highest BCUT2D eigenvalue weighted by molar-refractivity contribution is 9.10. The van der Waals surface area contributed by atoms with Gasteiger partial charge in [-0.15, -0.1) is 0 Å². The van der Waals surface area contributed by atoms with Crippen molar-refractivity contribution in [1.29, 1.82) is 0 Å². The summed E-state index contributed by atoms with van der Waals surface area (Å²) in [7, 11) is 0. The minimum atomic E-state index is -0.259. The number of ether oxygens (including phenoxy) is 1. The molecule has 1 aromatic carbocycles. The first-order chi connectivity index (χ1) is 7.67. The average Bonchev–Trinajstić information content (AvgIpc) is 2.26. The van der Waals surface area contributed by atoms with Gasteiger partial charge in [0.25, 0.3) is 0 Å². The van der Waals surface area contributed by atoms with E-state index in [-0.39, 0.29) is 5.82 Å². The van der Waals surface area contributed by atoms with Crippen LogP contribution in [0.5, 0.6) is 5.75 Å². The van der Waals surface area contributed by atoms with Gasteiger partial charge in [0.2, 0.25) is 0 Å². The molecule has 0 bridgehead atoms. The van der Waals surface area contributed by atoms with Crippen molar-refractivity contribution in [1.82, 2.24) is 0 Å². The van der Waals surface area contributed by atoms with Crippen LogP contribution in [0, 0.1) is 11.7 Å². The molecule has 1 aromatic rings. The summed E-state index contributed by atoms with van der Waals surface area (Å²) >= 11 is 6.75. The number of alkyl halides is 1. The first kappa shape index (κ1) is 14.0. The van der Waals surface area contributed by atoms with Crippen LogP contribution in [-0.4, -0.2) is 11.9 Å². The third-order valence-corrected chi connectivity index (χ3v) is 3.82. The van der Waals surface area contributed by atoms with Crippen LogP contribution in [0.2, 0.25) is 0 Å². The third kappa shape index (κ3) is 4.42. The predicted octanol–water partition coefficient (Wildman–Crippen LogP) is 4.78. The molecule has 0 aliphatic heterocycles. The van der Waals surface area contributed by atoms with Crippen molar-refractivity contribution in [3.05, 3.63) is 28.5 Å². The van der Waals surface area contributed by atoms with Crippen molar-refractivity contribution >= 4 is 31.9 Å². The highest BCUT2D eigenvalue weighted by Gasteiger charge is 2.09. The summed E-state index contributed by atoms with van der Waals surface area (Å²) in [5.41, 5.74) is 0. The Hall–Kier alpha value is -0.0900. The van der Waals surface area contributed by atoms with Gasteiger partial charge in [-0.25, -0.2) is 4.39 Å². The Labute approximate surface area is 113 Å². The Morgan fingerprint density at radius 3 is 2.75 bits per heavy atom. The number of hydrogen-bond donors (Lipinski definition) is 0. The maximum absolute atomic E-state index is 12.8. The fourth-order valence-corrected chi connectivity index (χ4v) is 2.39. The molecule has 4 heteroatoms. The summed E-state index contributed by atoms with van der Waals surface area (Å²) < 4.78 is 19.2. The first-order valence-electron chi connectivity index (χ1n) is 5.31. The van der Waals surface area contributed by atoms with Gasteiger partial charge in [0.15, 0.2) is 0 Å². The van der Waals surface area contributed by atoms with Crippen molar-refractivity contribution in [2.75, 3.05) is 11.9 Å². The standard InChI is InChI=1S/C12H15Br2FO/c1-2-3-9(7-13)8-16-12-5-4-10(15)6-11(12)14/h4-6,9H,2-3,7-8H2,1H3. The first-order valence-corrected chi connectivity index (χ1v) is 7.22. The zero-order valence-electron chi connectivity index (χ0n) is 9.18. The minimum Gasteiger partial charge on any atom is -0.492 e. The molecule has 0 fully saturated rings. The number of halogens is 3. The fraction of sp³-hybridized carbons (Fsp3) is 0.500. The zero-order valence-corrected chi connectivity index (χ0v) is 12.4. The molecule has 0 saturated carbocycles. The Kier molecular flexibility index (Phi) is 6.36. The maximum atomic E-state index is 12.8. The van der Waals surface area contributed by atoms with Crippen LogP contribution in [0.15, 0.2) is 22.7 Å². The van der Waals surface area contributed by atoms with Gasteiger partial charge in [-0.05, 0) is 40.5 Å². The zero-order chi connectivity index (χ0) is 12.0. The van der Waals surface area contributed by atoms with Gasteiger partial charge in [-0.2, -0.15) is 0 Å². The molecule has 0 aliphatic rings. The quantitative estimate of drug-likeness (QED) is 0.669. The second-order valence-electron chi connectivity index (χ2n) is 3.69. The number of benzene rings is 1.